The number of hydrogen-bond donors (Lipinski definition) is 3. The maximum Gasteiger partial charge on any atom is 0.488 e. The van der Waals surface area contributed by atoms with Gasteiger partial charge in [0.05, 0.1) is 20.3 Å². The number of carbonyl (C=O) groups is 1. The fourth-order valence-corrected chi connectivity index (χ4v) is 2.40. The highest BCUT2D eigenvalue weighted by Gasteiger charge is 2.24. The van der Waals surface area contributed by atoms with E-state index in [9.17, 15) is 14.8 Å². The second kappa shape index (κ2) is 7.85. The van der Waals surface area contributed by atoms with Gasteiger partial charge in [0.2, 0.25) is 0 Å². The Bertz CT molecular complexity index is 680. The zero-order valence-corrected chi connectivity index (χ0v) is 13.8. The van der Waals surface area contributed by atoms with Gasteiger partial charge in [-0.05, 0) is 30.1 Å². The van der Waals surface area contributed by atoms with Gasteiger partial charge in [0.25, 0.3) is 5.91 Å². The summed E-state index contributed by atoms with van der Waals surface area (Å²) in [5.41, 5.74) is 1.34. The Hall–Kier alpha value is -2.51. The van der Waals surface area contributed by atoms with Crippen LogP contribution in [0.15, 0.2) is 42.5 Å². The standard InChI is InChI=1S/C17H20BNO5/c1-11(12-7-5-4-6-8-12)19-17(20)16-14(23-2)9-13(18(21)22)10-15(16)24-3/h4-11,21-22H,1-3H3,(H,19,20)/t11-/m1/s1. The van der Waals surface area contributed by atoms with Crippen LogP contribution in [0, 0.1) is 0 Å². The zero-order chi connectivity index (χ0) is 17.7. The molecule has 0 saturated heterocycles. The van der Waals surface area contributed by atoms with Crippen LogP contribution in [0.2, 0.25) is 0 Å². The van der Waals surface area contributed by atoms with Gasteiger partial charge in [-0.25, -0.2) is 0 Å². The molecule has 0 saturated carbocycles. The second-order valence-electron chi connectivity index (χ2n) is 5.28. The molecule has 24 heavy (non-hydrogen) atoms. The van der Waals surface area contributed by atoms with Crippen molar-refractivity contribution in [2.75, 3.05) is 14.2 Å². The third-order valence-electron chi connectivity index (χ3n) is 3.70. The van der Waals surface area contributed by atoms with E-state index in [1.165, 1.54) is 26.4 Å². The summed E-state index contributed by atoms with van der Waals surface area (Å²) in [5.74, 6) is 0.0319. The molecule has 0 aliphatic carbocycles. The lowest BCUT2D eigenvalue weighted by Crippen LogP contribution is -2.32. The van der Waals surface area contributed by atoms with Crippen LogP contribution in [0.5, 0.6) is 11.5 Å². The lowest BCUT2D eigenvalue weighted by Gasteiger charge is -2.18. The summed E-state index contributed by atoms with van der Waals surface area (Å²) in [4.78, 5) is 12.7. The van der Waals surface area contributed by atoms with E-state index in [2.05, 4.69) is 5.32 Å². The van der Waals surface area contributed by atoms with Gasteiger partial charge in [-0.1, -0.05) is 30.3 Å². The van der Waals surface area contributed by atoms with Crippen LogP contribution in [0.3, 0.4) is 0 Å². The molecule has 0 heterocycles. The van der Waals surface area contributed by atoms with Crippen LogP contribution < -0.4 is 20.3 Å². The summed E-state index contributed by atoms with van der Waals surface area (Å²) in [6.07, 6.45) is 0. The quantitative estimate of drug-likeness (QED) is 0.685. The van der Waals surface area contributed by atoms with Gasteiger partial charge in [-0.2, -0.15) is 0 Å². The fourth-order valence-electron chi connectivity index (χ4n) is 2.40. The van der Waals surface area contributed by atoms with Gasteiger partial charge >= 0.3 is 7.12 Å². The maximum atomic E-state index is 12.7. The molecule has 2 aromatic carbocycles. The first-order valence-corrected chi connectivity index (χ1v) is 7.45. The minimum absolute atomic E-state index is 0.177. The molecule has 0 aliphatic rings. The Labute approximate surface area is 141 Å². The fraction of sp³-hybridized carbons (Fsp3) is 0.235. The van der Waals surface area contributed by atoms with Crippen LogP contribution in [0.25, 0.3) is 0 Å². The molecule has 0 fully saturated rings. The number of methoxy groups -OCH3 is 2. The number of rotatable bonds is 6. The van der Waals surface area contributed by atoms with Crippen molar-refractivity contribution in [3.05, 3.63) is 53.6 Å². The van der Waals surface area contributed by atoms with Gasteiger partial charge in [0, 0.05) is 0 Å². The number of amides is 1. The number of benzene rings is 2. The lowest BCUT2D eigenvalue weighted by atomic mass is 9.79. The summed E-state index contributed by atoms with van der Waals surface area (Å²) in [7, 11) is 1.12. The number of hydrogen-bond acceptors (Lipinski definition) is 5. The lowest BCUT2D eigenvalue weighted by molar-refractivity contribution is 0.0933. The molecule has 6 nitrogen and oxygen atoms in total. The molecular weight excluding hydrogens is 309 g/mol. The molecule has 0 spiro atoms. The molecule has 1 atom stereocenters. The van der Waals surface area contributed by atoms with Crippen LogP contribution in [0.4, 0.5) is 0 Å². The molecule has 3 N–H and O–H groups in total. The zero-order valence-electron chi connectivity index (χ0n) is 13.8. The van der Waals surface area contributed by atoms with E-state index in [1.54, 1.807) is 0 Å². The van der Waals surface area contributed by atoms with E-state index in [1.807, 2.05) is 37.3 Å². The Balaban J connectivity index is 2.34. The highest BCUT2D eigenvalue weighted by molar-refractivity contribution is 6.58. The Morgan fingerprint density at radius 1 is 1.08 bits per heavy atom. The van der Waals surface area contributed by atoms with Crippen molar-refractivity contribution in [1.82, 2.24) is 5.32 Å². The summed E-state index contributed by atoms with van der Waals surface area (Å²) in [6.45, 7) is 1.87. The monoisotopic (exact) mass is 329 g/mol. The molecule has 2 rings (SSSR count). The van der Waals surface area contributed by atoms with Crippen LogP contribution in [0.1, 0.15) is 28.9 Å². The summed E-state index contributed by atoms with van der Waals surface area (Å²) in [5, 5.41) is 21.5. The van der Waals surface area contributed by atoms with E-state index in [0.717, 1.165) is 5.56 Å². The molecule has 7 heteroatoms. The molecule has 0 unspecified atom stereocenters. The minimum Gasteiger partial charge on any atom is -0.496 e. The summed E-state index contributed by atoms with van der Waals surface area (Å²) < 4.78 is 10.4. The first kappa shape index (κ1) is 17.8. The Morgan fingerprint density at radius 2 is 1.62 bits per heavy atom. The van der Waals surface area contributed by atoms with E-state index in [4.69, 9.17) is 9.47 Å². The van der Waals surface area contributed by atoms with Gasteiger partial charge < -0.3 is 24.8 Å². The van der Waals surface area contributed by atoms with Crippen molar-refractivity contribution >= 4 is 18.5 Å². The maximum absolute atomic E-state index is 12.7. The molecule has 1 amide bonds. The van der Waals surface area contributed by atoms with Crippen LogP contribution in [-0.2, 0) is 0 Å². The van der Waals surface area contributed by atoms with Crippen molar-refractivity contribution in [2.45, 2.75) is 13.0 Å². The number of ether oxygens (including phenoxy) is 2. The first-order valence-electron chi connectivity index (χ1n) is 7.45. The molecule has 0 aromatic heterocycles. The van der Waals surface area contributed by atoms with Crippen molar-refractivity contribution < 1.29 is 24.3 Å². The Kier molecular flexibility index (Phi) is 5.84. The molecule has 0 aliphatic heterocycles. The highest BCUT2D eigenvalue weighted by Crippen LogP contribution is 2.28. The molecule has 0 radical (unpaired) electrons. The van der Waals surface area contributed by atoms with E-state index in [-0.39, 0.29) is 34.5 Å². The molecular formula is C17H20BNO5. The third-order valence-corrected chi connectivity index (χ3v) is 3.70. The molecule has 0 bridgehead atoms. The predicted molar refractivity (Wildman–Crippen MR) is 91.7 cm³/mol. The van der Waals surface area contributed by atoms with E-state index in [0.29, 0.717) is 0 Å². The van der Waals surface area contributed by atoms with E-state index < -0.39 is 7.12 Å². The van der Waals surface area contributed by atoms with E-state index >= 15 is 0 Å². The SMILES string of the molecule is COc1cc(B(O)O)cc(OC)c1C(=O)N[C@H](C)c1ccccc1. The van der Waals surface area contributed by atoms with Gasteiger partial charge in [0.15, 0.2) is 0 Å². The van der Waals surface area contributed by atoms with Gasteiger partial charge in [-0.3, -0.25) is 4.79 Å². The van der Waals surface area contributed by atoms with Gasteiger partial charge in [0.1, 0.15) is 17.1 Å². The predicted octanol–water partition coefficient (Wildman–Crippen LogP) is 0.875. The Morgan fingerprint density at radius 3 is 2.08 bits per heavy atom. The van der Waals surface area contributed by atoms with Crippen molar-refractivity contribution in [1.29, 1.82) is 0 Å². The summed E-state index contributed by atoms with van der Waals surface area (Å²) in [6, 6.07) is 12.1. The van der Waals surface area contributed by atoms with Gasteiger partial charge in [-0.15, -0.1) is 0 Å². The average molecular weight is 329 g/mol. The average Bonchev–Trinajstić information content (AvgIpc) is 2.60. The van der Waals surface area contributed by atoms with Crippen LogP contribution in [-0.4, -0.2) is 37.3 Å². The van der Waals surface area contributed by atoms with Crippen molar-refractivity contribution in [3.8, 4) is 11.5 Å². The smallest absolute Gasteiger partial charge is 0.488 e. The molecule has 126 valence electrons. The number of nitrogens with one attached hydrogen (secondary N) is 1. The first-order chi connectivity index (χ1) is 11.5. The summed E-state index contributed by atoms with van der Waals surface area (Å²) >= 11 is 0. The van der Waals surface area contributed by atoms with Crippen LogP contribution >= 0.6 is 0 Å². The third kappa shape index (κ3) is 3.87. The van der Waals surface area contributed by atoms with Crippen molar-refractivity contribution in [3.63, 3.8) is 0 Å². The normalized spacial score (nSPS) is 11.5. The topological polar surface area (TPSA) is 88.0 Å². The van der Waals surface area contributed by atoms with Crippen molar-refractivity contribution in [2.24, 2.45) is 0 Å². The number of carbonyl (C=O) groups excluding carboxylic acids is 1. The second-order valence-corrected chi connectivity index (χ2v) is 5.28. The molecule has 2 aromatic rings. The highest BCUT2D eigenvalue weighted by atomic mass is 16.5. The minimum atomic E-state index is -1.69. The largest absolute Gasteiger partial charge is 0.496 e.